The number of anilines is 2. The molecule has 0 radical (unpaired) electrons. The van der Waals surface area contributed by atoms with Gasteiger partial charge in [-0.2, -0.15) is 0 Å². The summed E-state index contributed by atoms with van der Waals surface area (Å²) in [5.74, 6) is -1.31. The Balaban J connectivity index is 1.52. The van der Waals surface area contributed by atoms with Gasteiger partial charge in [0, 0.05) is 35.8 Å². The summed E-state index contributed by atoms with van der Waals surface area (Å²) in [6, 6.07) is 5.71. The van der Waals surface area contributed by atoms with Crippen LogP contribution in [0.5, 0.6) is 5.88 Å². The SMILES string of the molecule is COc1ncc(-c2cc3c(N4C[C@@H](C)O[C@@H](C)C4)ncnc3s2)cc1NS(=O)(=O)c1ccc(F)cc1F. The highest BCUT2D eigenvalue weighted by Gasteiger charge is 2.26. The molecule has 1 saturated heterocycles. The molecule has 1 aliphatic rings. The summed E-state index contributed by atoms with van der Waals surface area (Å²) in [4.78, 5) is 16.2. The van der Waals surface area contributed by atoms with Crippen LogP contribution in [-0.2, 0) is 14.8 Å². The van der Waals surface area contributed by atoms with E-state index in [2.05, 4.69) is 24.6 Å². The molecule has 1 N–H and O–H groups in total. The molecule has 4 heterocycles. The summed E-state index contributed by atoms with van der Waals surface area (Å²) in [5, 5.41) is 0.857. The Kier molecular flexibility index (Phi) is 6.68. The Morgan fingerprint density at radius 2 is 1.86 bits per heavy atom. The molecule has 5 rings (SSSR count). The largest absolute Gasteiger partial charge is 0.480 e. The number of nitrogens with one attached hydrogen (secondary N) is 1. The number of aromatic nitrogens is 3. The number of methoxy groups -OCH3 is 1. The molecule has 194 valence electrons. The van der Waals surface area contributed by atoms with Crippen molar-refractivity contribution < 1.29 is 26.7 Å². The van der Waals surface area contributed by atoms with Gasteiger partial charge in [-0.05, 0) is 38.1 Å². The minimum Gasteiger partial charge on any atom is -0.480 e. The van der Waals surface area contributed by atoms with E-state index < -0.39 is 26.6 Å². The van der Waals surface area contributed by atoms with E-state index in [0.29, 0.717) is 24.7 Å². The Morgan fingerprint density at radius 1 is 1.11 bits per heavy atom. The highest BCUT2D eigenvalue weighted by Crippen LogP contribution is 2.39. The third-order valence-electron chi connectivity index (χ3n) is 5.78. The molecular formula is C24H23F2N5O4S2. The van der Waals surface area contributed by atoms with Crippen molar-refractivity contribution in [1.29, 1.82) is 0 Å². The first-order chi connectivity index (χ1) is 17.6. The van der Waals surface area contributed by atoms with Gasteiger partial charge in [-0.25, -0.2) is 32.2 Å². The van der Waals surface area contributed by atoms with Gasteiger partial charge in [-0.1, -0.05) is 0 Å². The summed E-state index contributed by atoms with van der Waals surface area (Å²) in [6.07, 6.45) is 3.18. The molecule has 0 aliphatic carbocycles. The molecule has 0 spiro atoms. The lowest BCUT2D eigenvalue weighted by molar-refractivity contribution is -0.00537. The molecule has 9 nitrogen and oxygen atoms in total. The first kappa shape index (κ1) is 25.2. The number of sulfonamides is 1. The molecular weight excluding hydrogens is 524 g/mol. The molecule has 1 aromatic carbocycles. The zero-order valence-electron chi connectivity index (χ0n) is 20.1. The van der Waals surface area contributed by atoms with Gasteiger partial charge in [-0.3, -0.25) is 4.72 Å². The number of fused-ring (bicyclic) bond motifs is 1. The van der Waals surface area contributed by atoms with E-state index in [4.69, 9.17) is 9.47 Å². The quantitative estimate of drug-likeness (QED) is 0.377. The van der Waals surface area contributed by atoms with Gasteiger partial charge in [0.15, 0.2) is 0 Å². The molecule has 1 fully saturated rings. The Labute approximate surface area is 216 Å². The van der Waals surface area contributed by atoms with Gasteiger partial charge < -0.3 is 14.4 Å². The van der Waals surface area contributed by atoms with Gasteiger partial charge in [0.2, 0.25) is 5.88 Å². The van der Waals surface area contributed by atoms with Crippen molar-refractivity contribution in [2.45, 2.75) is 31.0 Å². The summed E-state index contributed by atoms with van der Waals surface area (Å²) in [5.41, 5.74) is 0.596. The van der Waals surface area contributed by atoms with E-state index in [-0.39, 0.29) is 23.8 Å². The average molecular weight is 548 g/mol. The molecule has 4 aromatic rings. The molecule has 0 unspecified atom stereocenters. The maximum Gasteiger partial charge on any atom is 0.264 e. The van der Waals surface area contributed by atoms with Gasteiger partial charge in [0.05, 0.1) is 24.7 Å². The highest BCUT2D eigenvalue weighted by molar-refractivity contribution is 7.92. The first-order valence-electron chi connectivity index (χ1n) is 11.3. The molecule has 37 heavy (non-hydrogen) atoms. The van der Waals surface area contributed by atoms with Crippen LogP contribution in [0.4, 0.5) is 20.3 Å². The topological polar surface area (TPSA) is 107 Å². The van der Waals surface area contributed by atoms with Crippen molar-refractivity contribution in [3.63, 3.8) is 0 Å². The Hall–Kier alpha value is -3.42. The van der Waals surface area contributed by atoms with Crippen molar-refractivity contribution in [2.75, 3.05) is 29.8 Å². The van der Waals surface area contributed by atoms with Crippen LogP contribution in [0, 0.1) is 11.6 Å². The van der Waals surface area contributed by atoms with Crippen LogP contribution in [0.1, 0.15) is 13.8 Å². The second-order valence-electron chi connectivity index (χ2n) is 8.65. The van der Waals surface area contributed by atoms with Crippen LogP contribution in [0.2, 0.25) is 0 Å². The van der Waals surface area contributed by atoms with Crippen LogP contribution in [0.15, 0.2) is 47.8 Å². The fourth-order valence-electron chi connectivity index (χ4n) is 4.30. The number of thiophene rings is 1. The lowest BCUT2D eigenvalue weighted by Gasteiger charge is -2.36. The number of morpholine rings is 1. The minimum absolute atomic E-state index is 0.00307. The Morgan fingerprint density at radius 3 is 2.57 bits per heavy atom. The van der Waals surface area contributed by atoms with Crippen LogP contribution in [-0.4, -0.2) is 55.8 Å². The maximum absolute atomic E-state index is 14.2. The second kappa shape index (κ2) is 9.80. The predicted octanol–water partition coefficient (Wildman–Crippen LogP) is 4.45. The third-order valence-corrected chi connectivity index (χ3v) is 8.28. The Bertz CT molecular complexity index is 1570. The number of hydrogen-bond acceptors (Lipinski definition) is 9. The summed E-state index contributed by atoms with van der Waals surface area (Å²) in [6.45, 7) is 5.42. The van der Waals surface area contributed by atoms with Gasteiger partial charge in [0.1, 0.15) is 39.2 Å². The predicted molar refractivity (Wildman–Crippen MR) is 137 cm³/mol. The fourth-order valence-corrected chi connectivity index (χ4v) is 6.39. The standard InChI is InChI=1S/C24H23F2N5O4S2/c1-13-10-31(11-14(2)35-13)22-17-8-20(36-24(17)29-12-28-22)15-6-19(23(34-3)27-9-15)30-37(32,33)21-5-4-16(25)7-18(21)26/h4-9,12-14,30H,10-11H2,1-3H3/t13-,14+. The third kappa shape index (κ3) is 5.06. The minimum atomic E-state index is -4.40. The maximum atomic E-state index is 14.2. The summed E-state index contributed by atoms with van der Waals surface area (Å²) < 4.78 is 66.6. The zero-order valence-corrected chi connectivity index (χ0v) is 21.7. The number of pyridine rings is 1. The van der Waals surface area contributed by atoms with E-state index in [1.54, 1.807) is 12.3 Å². The number of halogens is 2. The number of rotatable bonds is 6. The van der Waals surface area contributed by atoms with Crippen molar-refractivity contribution in [1.82, 2.24) is 15.0 Å². The molecule has 2 atom stereocenters. The fraction of sp³-hybridized carbons (Fsp3) is 0.292. The number of benzene rings is 1. The van der Waals surface area contributed by atoms with Crippen molar-refractivity contribution in [2.24, 2.45) is 0 Å². The van der Waals surface area contributed by atoms with Gasteiger partial charge >= 0.3 is 0 Å². The monoisotopic (exact) mass is 547 g/mol. The first-order valence-corrected chi connectivity index (χ1v) is 13.6. The molecule has 13 heteroatoms. The van der Waals surface area contributed by atoms with E-state index in [1.165, 1.54) is 24.8 Å². The average Bonchev–Trinajstić information content (AvgIpc) is 3.27. The molecule has 0 bridgehead atoms. The van der Waals surface area contributed by atoms with Crippen molar-refractivity contribution in [3.8, 4) is 16.3 Å². The lowest BCUT2D eigenvalue weighted by atomic mass is 10.2. The number of nitrogens with zero attached hydrogens (tertiary/aromatic N) is 4. The van der Waals surface area contributed by atoms with Crippen LogP contribution < -0.4 is 14.4 Å². The lowest BCUT2D eigenvalue weighted by Crippen LogP contribution is -2.45. The zero-order chi connectivity index (χ0) is 26.3. The number of hydrogen-bond donors (Lipinski definition) is 1. The molecule has 3 aromatic heterocycles. The molecule has 0 amide bonds. The van der Waals surface area contributed by atoms with E-state index >= 15 is 0 Å². The second-order valence-corrected chi connectivity index (χ2v) is 11.3. The highest BCUT2D eigenvalue weighted by atomic mass is 32.2. The van der Waals surface area contributed by atoms with E-state index in [1.807, 2.05) is 19.9 Å². The van der Waals surface area contributed by atoms with Gasteiger partial charge in [-0.15, -0.1) is 11.3 Å². The van der Waals surface area contributed by atoms with Crippen molar-refractivity contribution in [3.05, 3.63) is 54.5 Å². The summed E-state index contributed by atoms with van der Waals surface area (Å²) >= 11 is 1.40. The van der Waals surface area contributed by atoms with Gasteiger partial charge in [0.25, 0.3) is 10.0 Å². The van der Waals surface area contributed by atoms with Crippen LogP contribution >= 0.6 is 11.3 Å². The van der Waals surface area contributed by atoms with Crippen LogP contribution in [0.3, 0.4) is 0 Å². The normalized spacial score (nSPS) is 18.2. The van der Waals surface area contributed by atoms with E-state index in [0.717, 1.165) is 33.0 Å². The molecule has 0 saturated carbocycles. The smallest absolute Gasteiger partial charge is 0.264 e. The number of ether oxygens (including phenoxy) is 2. The van der Waals surface area contributed by atoms with E-state index in [9.17, 15) is 17.2 Å². The molecule has 1 aliphatic heterocycles. The van der Waals surface area contributed by atoms with Crippen molar-refractivity contribution >= 4 is 43.1 Å². The summed E-state index contributed by atoms with van der Waals surface area (Å²) in [7, 11) is -3.06. The van der Waals surface area contributed by atoms with Crippen LogP contribution in [0.25, 0.3) is 20.7 Å².